The van der Waals surface area contributed by atoms with Crippen LogP contribution in [0.2, 0.25) is 0 Å². The van der Waals surface area contributed by atoms with Crippen LogP contribution in [0, 0.1) is 23.0 Å². The molecule has 2 aromatic rings. The number of aryl methyl sites for hydroxylation is 1. The predicted molar refractivity (Wildman–Crippen MR) is 123 cm³/mol. The fourth-order valence-corrected chi connectivity index (χ4v) is 6.79. The van der Waals surface area contributed by atoms with Gasteiger partial charge in [0.25, 0.3) is 5.91 Å². The highest BCUT2D eigenvalue weighted by Gasteiger charge is 2.54. The summed E-state index contributed by atoms with van der Waals surface area (Å²) < 4.78 is 2.01. The Morgan fingerprint density at radius 2 is 2.21 bits per heavy atom. The van der Waals surface area contributed by atoms with Crippen LogP contribution < -0.4 is 5.32 Å². The zero-order valence-corrected chi connectivity index (χ0v) is 20.4. The summed E-state index contributed by atoms with van der Waals surface area (Å²) in [4.78, 5) is 48.8. The summed E-state index contributed by atoms with van der Waals surface area (Å²) >= 11 is 4.17. The average molecular weight is 526 g/mol. The third-order valence-corrected chi connectivity index (χ3v) is 8.56. The van der Waals surface area contributed by atoms with Crippen LogP contribution in [0.25, 0.3) is 0 Å². The van der Waals surface area contributed by atoms with Gasteiger partial charge in [0, 0.05) is 11.5 Å². The van der Waals surface area contributed by atoms with E-state index in [2.05, 4.69) is 20.6 Å². The first-order chi connectivity index (χ1) is 16.2. The van der Waals surface area contributed by atoms with Gasteiger partial charge in [0.2, 0.25) is 5.91 Å². The van der Waals surface area contributed by atoms with Gasteiger partial charge in [-0.15, -0.1) is 22.0 Å². The van der Waals surface area contributed by atoms with Gasteiger partial charge in [-0.3, -0.25) is 29.3 Å². The van der Waals surface area contributed by atoms with Gasteiger partial charge in [0.1, 0.15) is 34.5 Å². The Labute approximate surface area is 205 Å². The fourth-order valence-electron chi connectivity index (χ4n) is 3.49. The number of carboxylic acid groups (broad SMARTS) is 1. The standard InChI is InChI=1S/C18H19N7O6S3/c1-8(4-23-5-11(3-19-23)25(30)31)14(26)20-12-15(27)24-13(17(28)29)10(6-32-16(12)24)7-33-18-22-21-9(2)34-18/h3,5,8,12,16H,4,6-7H2,1-2H3,(H,20,26)(H,28,29)/t8-,12-,16-/m0/s1. The van der Waals surface area contributed by atoms with Gasteiger partial charge in [0.15, 0.2) is 4.34 Å². The van der Waals surface area contributed by atoms with Crippen LogP contribution in [-0.4, -0.2) is 75.6 Å². The number of hydrogen-bond donors (Lipinski definition) is 2. The lowest BCUT2D eigenvalue weighted by Crippen LogP contribution is -2.71. The molecule has 0 aromatic carbocycles. The number of β-lactam (4-membered cyclic amide) rings is 1. The monoisotopic (exact) mass is 525 g/mol. The van der Waals surface area contributed by atoms with Crippen molar-refractivity contribution in [2.45, 2.75) is 36.1 Å². The molecule has 2 N–H and O–H groups in total. The molecule has 0 radical (unpaired) electrons. The largest absolute Gasteiger partial charge is 0.477 e. The highest BCUT2D eigenvalue weighted by molar-refractivity contribution is 8.01. The minimum Gasteiger partial charge on any atom is -0.477 e. The van der Waals surface area contributed by atoms with Crippen LogP contribution >= 0.6 is 34.9 Å². The summed E-state index contributed by atoms with van der Waals surface area (Å²) in [5.74, 6) is -1.96. The molecule has 1 fully saturated rings. The average Bonchev–Trinajstić information content (AvgIpc) is 3.43. The van der Waals surface area contributed by atoms with Crippen molar-refractivity contribution in [1.29, 1.82) is 0 Å². The fraction of sp³-hybridized carbons (Fsp3) is 0.444. The van der Waals surface area contributed by atoms with E-state index < -0.39 is 40.0 Å². The molecular weight excluding hydrogens is 506 g/mol. The molecule has 34 heavy (non-hydrogen) atoms. The molecule has 1 saturated heterocycles. The molecule has 0 bridgehead atoms. The second-order valence-corrected chi connectivity index (χ2v) is 11.1. The molecule has 0 unspecified atom stereocenters. The smallest absolute Gasteiger partial charge is 0.352 e. The second-order valence-electron chi connectivity index (χ2n) is 7.61. The Morgan fingerprint density at radius 1 is 1.44 bits per heavy atom. The quantitative estimate of drug-likeness (QED) is 0.208. The van der Waals surface area contributed by atoms with Crippen LogP contribution in [0.3, 0.4) is 0 Å². The number of thioether (sulfide) groups is 2. The number of nitrogens with zero attached hydrogens (tertiary/aromatic N) is 6. The van der Waals surface area contributed by atoms with Gasteiger partial charge in [-0.2, -0.15) is 5.10 Å². The molecule has 2 aliphatic rings. The second kappa shape index (κ2) is 9.71. The van der Waals surface area contributed by atoms with Crippen molar-refractivity contribution in [3.05, 3.63) is 38.8 Å². The van der Waals surface area contributed by atoms with Crippen LogP contribution in [0.4, 0.5) is 5.69 Å². The van der Waals surface area contributed by atoms with Crippen LogP contribution in [0.1, 0.15) is 11.9 Å². The van der Waals surface area contributed by atoms with Crippen molar-refractivity contribution in [2.24, 2.45) is 5.92 Å². The molecule has 2 amide bonds. The number of nitrogens with one attached hydrogen (secondary N) is 1. The van der Waals surface area contributed by atoms with E-state index in [0.717, 1.165) is 15.5 Å². The first-order valence-corrected chi connectivity index (χ1v) is 12.8. The maximum atomic E-state index is 12.8. The first kappa shape index (κ1) is 24.2. The zero-order valence-electron chi connectivity index (χ0n) is 17.9. The lowest BCUT2D eigenvalue weighted by atomic mass is 10.0. The van der Waals surface area contributed by atoms with E-state index in [4.69, 9.17) is 0 Å². The van der Waals surface area contributed by atoms with Crippen molar-refractivity contribution in [1.82, 2.24) is 30.2 Å². The molecule has 16 heteroatoms. The maximum Gasteiger partial charge on any atom is 0.352 e. The first-order valence-electron chi connectivity index (χ1n) is 9.95. The Balaban J connectivity index is 1.39. The molecule has 2 aliphatic heterocycles. The number of hydrogen-bond acceptors (Lipinski definition) is 11. The van der Waals surface area contributed by atoms with Gasteiger partial charge >= 0.3 is 11.7 Å². The van der Waals surface area contributed by atoms with Gasteiger partial charge in [-0.1, -0.05) is 30.0 Å². The molecule has 4 heterocycles. The van der Waals surface area contributed by atoms with Crippen LogP contribution in [-0.2, 0) is 20.9 Å². The van der Waals surface area contributed by atoms with Crippen molar-refractivity contribution in [3.63, 3.8) is 0 Å². The van der Waals surface area contributed by atoms with Crippen molar-refractivity contribution in [2.75, 3.05) is 11.5 Å². The minimum absolute atomic E-state index is 0.0510. The number of carboxylic acids is 1. The lowest BCUT2D eigenvalue weighted by Gasteiger charge is -2.49. The number of aliphatic carboxylic acids is 1. The number of amides is 2. The molecule has 2 aromatic heterocycles. The molecule has 13 nitrogen and oxygen atoms in total. The molecule has 180 valence electrons. The number of rotatable bonds is 9. The zero-order chi connectivity index (χ0) is 24.6. The van der Waals surface area contributed by atoms with Crippen molar-refractivity contribution in [3.8, 4) is 0 Å². The van der Waals surface area contributed by atoms with Crippen LogP contribution in [0.5, 0.6) is 0 Å². The van der Waals surface area contributed by atoms with Gasteiger partial charge in [0.05, 0.1) is 17.4 Å². The van der Waals surface area contributed by atoms with E-state index >= 15 is 0 Å². The number of fused-ring (bicyclic) bond motifs is 1. The van der Waals surface area contributed by atoms with E-state index in [1.165, 1.54) is 50.6 Å². The van der Waals surface area contributed by atoms with Crippen LogP contribution in [0.15, 0.2) is 28.0 Å². The Bertz CT molecular complexity index is 1190. The van der Waals surface area contributed by atoms with Gasteiger partial charge < -0.3 is 10.4 Å². The molecule has 4 rings (SSSR count). The van der Waals surface area contributed by atoms with E-state index in [-0.39, 0.29) is 17.9 Å². The van der Waals surface area contributed by atoms with Gasteiger partial charge in [-0.25, -0.2) is 4.79 Å². The Hall–Kier alpha value is -2.98. The van der Waals surface area contributed by atoms with E-state index in [1.807, 2.05) is 6.92 Å². The lowest BCUT2D eigenvalue weighted by molar-refractivity contribution is -0.385. The minimum atomic E-state index is -1.19. The van der Waals surface area contributed by atoms with Gasteiger partial charge in [-0.05, 0) is 12.5 Å². The van der Waals surface area contributed by atoms with E-state index in [1.54, 1.807) is 6.92 Å². The summed E-state index contributed by atoms with van der Waals surface area (Å²) in [5.41, 5.74) is 0.377. The van der Waals surface area contributed by atoms with Crippen molar-refractivity contribution >= 4 is 58.3 Å². The molecular formula is C18H19N7O6S3. The Kier molecular flexibility index (Phi) is 6.90. The summed E-state index contributed by atoms with van der Waals surface area (Å²) in [6.07, 6.45) is 2.32. The van der Waals surface area contributed by atoms with Crippen molar-refractivity contribution < 1.29 is 24.4 Å². The summed E-state index contributed by atoms with van der Waals surface area (Å²) in [5, 5.41) is 35.4. The molecule has 0 spiro atoms. The Morgan fingerprint density at radius 3 is 2.82 bits per heavy atom. The molecule has 3 atom stereocenters. The highest BCUT2D eigenvalue weighted by Crippen LogP contribution is 2.41. The summed E-state index contributed by atoms with van der Waals surface area (Å²) in [7, 11) is 0. The summed E-state index contributed by atoms with van der Waals surface area (Å²) in [6, 6.07) is -0.846. The third-order valence-electron chi connectivity index (χ3n) is 5.16. The normalized spacial score (nSPS) is 20.5. The third kappa shape index (κ3) is 4.78. The number of nitro groups is 1. The highest BCUT2D eigenvalue weighted by atomic mass is 32.2. The predicted octanol–water partition coefficient (Wildman–Crippen LogP) is 1.12. The summed E-state index contributed by atoms with van der Waals surface area (Å²) in [6.45, 7) is 3.54. The molecule has 0 saturated carbocycles. The van der Waals surface area contributed by atoms with E-state index in [9.17, 15) is 29.6 Å². The van der Waals surface area contributed by atoms with E-state index in [0.29, 0.717) is 17.1 Å². The number of carbonyl (C=O) groups is 3. The SMILES string of the molecule is Cc1nnc(SCC2=C(C(=O)O)N3C(=O)[C@H](NC(=O)[C@@H](C)Cn4cc([N+](=O)[O-])cn4)[C@@H]3SC2)s1. The molecule has 0 aliphatic carbocycles. The number of aromatic nitrogens is 4. The number of carbonyl (C=O) groups excluding carboxylic acids is 2. The topological polar surface area (TPSA) is 173 Å². The maximum absolute atomic E-state index is 12.8.